The lowest BCUT2D eigenvalue weighted by Crippen LogP contribution is -2.14. The smallest absolute Gasteiger partial charge is 0.277 e. The second-order valence-electron chi connectivity index (χ2n) is 5.82. The average molecular weight is 378 g/mol. The van der Waals surface area contributed by atoms with Gasteiger partial charge in [0.05, 0.1) is 5.69 Å². The summed E-state index contributed by atoms with van der Waals surface area (Å²) in [5.41, 5.74) is 1.89. The minimum atomic E-state index is -0.395. The van der Waals surface area contributed by atoms with Crippen molar-refractivity contribution in [3.05, 3.63) is 78.6 Å². The number of nitrogens with one attached hydrogen (secondary N) is 2. The monoisotopic (exact) mass is 378 g/mol. The first-order valence-electron chi connectivity index (χ1n) is 8.36. The van der Waals surface area contributed by atoms with Crippen molar-refractivity contribution in [2.24, 2.45) is 0 Å². The lowest BCUT2D eigenvalue weighted by molar-refractivity contribution is 0.102. The molecule has 0 spiro atoms. The highest BCUT2D eigenvalue weighted by Gasteiger charge is 2.12. The zero-order valence-electron chi connectivity index (χ0n) is 14.5. The van der Waals surface area contributed by atoms with Crippen LogP contribution in [0.5, 0.6) is 5.75 Å². The van der Waals surface area contributed by atoms with Crippen molar-refractivity contribution in [1.82, 2.24) is 25.0 Å². The maximum absolute atomic E-state index is 12.9. The predicted molar refractivity (Wildman–Crippen MR) is 99.0 cm³/mol. The van der Waals surface area contributed by atoms with E-state index in [0.29, 0.717) is 11.6 Å². The van der Waals surface area contributed by atoms with Crippen LogP contribution in [0.1, 0.15) is 10.5 Å². The summed E-state index contributed by atoms with van der Waals surface area (Å²) in [6, 6.07) is 12.6. The van der Waals surface area contributed by atoms with Gasteiger partial charge in [-0.2, -0.15) is 10.2 Å². The van der Waals surface area contributed by atoms with Crippen molar-refractivity contribution in [2.45, 2.75) is 6.73 Å². The van der Waals surface area contributed by atoms with Crippen LogP contribution in [0, 0.1) is 5.82 Å². The van der Waals surface area contributed by atoms with Crippen LogP contribution < -0.4 is 10.1 Å². The molecular formula is C19H15FN6O2. The summed E-state index contributed by atoms with van der Waals surface area (Å²) in [4.78, 5) is 16.3. The molecule has 0 fully saturated rings. The minimum Gasteiger partial charge on any atom is -0.471 e. The molecule has 0 aliphatic heterocycles. The van der Waals surface area contributed by atoms with Gasteiger partial charge in [-0.25, -0.2) is 9.07 Å². The van der Waals surface area contributed by atoms with Gasteiger partial charge in [-0.05, 0) is 42.5 Å². The Morgan fingerprint density at radius 1 is 1.14 bits per heavy atom. The summed E-state index contributed by atoms with van der Waals surface area (Å²) in [6.45, 7) is 0.0908. The number of ether oxygens (including phenoxy) is 1. The number of aromatic nitrogens is 5. The van der Waals surface area contributed by atoms with Crippen LogP contribution in [-0.2, 0) is 6.73 Å². The number of nitrogens with zero attached hydrogens (tertiary/aromatic N) is 4. The highest BCUT2D eigenvalue weighted by molar-refractivity contribution is 6.02. The molecule has 140 valence electrons. The molecule has 0 radical (unpaired) electrons. The summed E-state index contributed by atoms with van der Waals surface area (Å²) in [5, 5.41) is 13.8. The average Bonchev–Trinajstić information content (AvgIpc) is 3.38. The molecule has 0 saturated carbocycles. The number of hydrogen-bond acceptors (Lipinski definition) is 5. The second kappa shape index (κ2) is 7.70. The summed E-state index contributed by atoms with van der Waals surface area (Å²) < 4.78 is 19.8. The third kappa shape index (κ3) is 4.04. The van der Waals surface area contributed by atoms with Crippen LogP contribution in [0.4, 0.5) is 10.2 Å². The minimum absolute atomic E-state index is 0.0908. The quantitative estimate of drug-likeness (QED) is 0.537. The molecule has 28 heavy (non-hydrogen) atoms. The van der Waals surface area contributed by atoms with E-state index in [2.05, 4.69) is 25.6 Å². The van der Waals surface area contributed by atoms with Crippen molar-refractivity contribution in [3.8, 4) is 17.0 Å². The van der Waals surface area contributed by atoms with Crippen molar-refractivity contribution in [3.63, 3.8) is 0 Å². The van der Waals surface area contributed by atoms with Gasteiger partial charge in [0.2, 0.25) is 0 Å². The Morgan fingerprint density at radius 3 is 2.71 bits per heavy atom. The fourth-order valence-corrected chi connectivity index (χ4v) is 2.47. The first-order valence-corrected chi connectivity index (χ1v) is 8.36. The van der Waals surface area contributed by atoms with E-state index in [9.17, 15) is 9.18 Å². The van der Waals surface area contributed by atoms with E-state index in [4.69, 9.17) is 4.74 Å². The molecule has 8 nitrogen and oxygen atoms in total. The number of benzene rings is 1. The molecule has 4 aromatic rings. The van der Waals surface area contributed by atoms with E-state index in [1.807, 2.05) is 12.1 Å². The van der Waals surface area contributed by atoms with Crippen LogP contribution in [0.15, 0.2) is 67.1 Å². The highest BCUT2D eigenvalue weighted by Crippen LogP contribution is 2.19. The Morgan fingerprint density at radius 2 is 1.93 bits per heavy atom. The van der Waals surface area contributed by atoms with Crippen molar-refractivity contribution in [2.75, 3.05) is 5.32 Å². The second-order valence-corrected chi connectivity index (χ2v) is 5.82. The van der Waals surface area contributed by atoms with E-state index in [-0.39, 0.29) is 18.2 Å². The molecule has 4 rings (SSSR count). The normalized spacial score (nSPS) is 10.6. The highest BCUT2D eigenvalue weighted by atomic mass is 19.1. The first-order chi connectivity index (χ1) is 13.7. The van der Waals surface area contributed by atoms with Gasteiger partial charge in [-0.3, -0.25) is 14.9 Å². The molecule has 9 heteroatoms. The van der Waals surface area contributed by atoms with Gasteiger partial charge in [0, 0.05) is 30.2 Å². The maximum atomic E-state index is 12.9. The van der Waals surface area contributed by atoms with Gasteiger partial charge in [0.15, 0.2) is 18.2 Å². The molecule has 3 heterocycles. The van der Waals surface area contributed by atoms with Gasteiger partial charge in [0.25, 0.3) is 5.91 Å². The van der Waals surface area contributed by atoms with Crippen molar-refractivity contribution in [1.29, 1.82) is 0 Å². The number of aromatic amines is 1. The number of H-pyrrole nitrogens is 1. The zero-order chi connectivity index (χ0) is 19.3. The number of pyridine rings is 1. The molecule has 0 saturated heterocycles. The number of amides is 1. The predicted octanol–water partition coefficient (Wildman–Crippen LogP) is 3.10. The third-order valence-electron chi connectivity index (χ3n) is 3.86. The molecule has 0 atom stereocenters. The lowest BCUT2D eigenvalue weighted by atomic mass is 10.2. The zero-order valence-corrected chi connectivity index (χ0v) is 14.5. The molecule has 0 bridgehead atoms. The molecule has 0 unspecified atom stereocenters. The summed E-state index contributed by atoms with van der Waals surface area (Å²) in [6.07, 6.45) is 4.97. The van der Waals surface area contributed by atoms with E-state index in [0.717, 1.165) is 11.3 Å². The van der Waals surface area contributed by atoms with Crippen LogP contribution >= 0.6 is 0 Å². The Bertz CT molecular complexity index is 1080. The summed E-state index contributed by atoms with van der Waals surface area (Å²) in [7, 11) is 0. The van der Waals surface area contributed by atoms with E-state index >= 15 is 0 Å². The molecular weight excluding hydrogens is 363 g/mol. The Hall–Kier alpha value is -4.01. The standard InChI is InChI=1S/C19H15FN6O2/c20-14-1-3-15(4-2-14)28-12-26-10-7-16(25-26)19(27)22-18-11-17(23-24-18)13-5-8-21-9-6-13/h1-11H,12H2,(H2,22,23,24,27). The topological polar surface area (TPSA) is 97.7 Å². The molecule has 3 aromatic heterocycles. The maximum Gasteiger partial charge on any atom is 0.277 e. The Labute approximate surface area is 159 Å². The van der Waals surface area contributed by atoms with Crippen LogP contribution in [0.2, 0.25) is 0 Å². The van der Waals surface area contributed by atoms with Crippen LogP contribution in [0.3, 0.4) is 0 Å². The molecule has 2 N–H and O–H groups in total. The fraction of sp³-hybridized carbons (Fsp3) is 0.0526. The third-order valence-corrected chi connectivity index (χ3v) is 3.86. The number of hydrogen-bond donors (Lipinski definition) is 2. The van der Waals surface area contributed by atoms with Crippen molar-refractivity contribution < 1.29 is 13.9 Å². The number of halogens is 1. The number of carbonyl (C=O) groups excluding carboxylic acids is 1. The number of carbonyl (C=O) groups is 1. The van der Waals surface area contributed by atoms with Gasteiger partial charge < -0.3 is 10.1 Å². The Kier molecular flexibility index (Phi) is 4.79. The van der Waals surface area contributed by atoms with Gasteiger partial charge in [-0.15, -0.1) is 0 Å². The van der Waals surface area contributed by atoms with Crippen LogP contribution in [0.25, 0.3) is 11.3 Å². The summed E-state index contributed by atoms with van der Waals surface area (Å²) >= 11 is 0. The summed E-state index contributed by atoms with van der Waals surface area (Å²) in [5.74, 6) is 0.154. The number of rotatable bonds is 6. The SMILES string of the molecule is O=C(Nc1cc(-c2ccncc2)[nH]n1)c1ccn(COc2ccc(F)cc2)n1. The molecule has 1 amide bonds. The van der Waals surface area contributed by atoms with Crippen molar-refractivity contribution >= 4 is 11.7 Å². The van der Waals surface area contributed by atoms with Gasteiger partial charge in [-0.1, -0.05) is 0 Å². The van der Waals surface area contributed by atoms with E-state index < -0.39 is 5.91 Å². The fourth-order valence-electron chi connectivity index (χ4n) is 2.47. The van der Waals surface area contributed by atoms with E-state index in [1.54, 1.807) is 30.7 Å². The Balaban J connectivity index is 1.37. The largest absolute Gasteiger partial charge is 0.471 e. The van der Waals surface area contributed by atoms with Gasteiger partial charge >= 0.3 is 0 Å². The first kappa shape index (κ1) is 17.4. The van der Waals surface area contributed by atoms with E-state index in [1.165, 1.54) is 28.9 Å². The van der Waals surface area contributed by atoms with Gasteiger partial charge in [0.1, 0.15) is 11.6 Å². The molecule has 0 aliphatic carbocycles. The molecule has 1 aromatic carbocycles. The van der Waals surface area contributed by atoms with Crippen LogP contribution in [-0.4, -0.2) is 30.9 Å². The molecule has 0 aliphatic rings. The number of anilines is 1. The lowest BCUT2D eigenvalue weighted by Gasteiger charge is -2.05.